The van der Waals surface area contributed by atoms with Gasteiger partial charge >= 0.3 is 0 Å². The Hall–Kier alpha value is -1.63. The zero-order valence-corrected chi connectivity index (χ0v) is 13.9. The minimum absolute atomic E-state index is 0. The van der Waals surface area contributed by atoms with Crippen LogP contribution < -0.4 is 11.1 Å². The molecule has 0 aliphatic heterocycles. The van der Waals surface area contributed by atoms with Crippen molar-refractivity contribution in [2.45, 2.75) is 32.5 Å². The molecule has 0 bridgehead atoms. The maximum atomic E-state index is 11.9. The zero-order chi connectivity index (χ0) is 14.4. The Morgan fingerprint density at radius 1 is 1.32 bits per heavy atom. The average molecular weight is 346 g/mol. The maximum Gasteiger partial charge on any atom is 0.237 e. The van der Waals surface area contributed by atoms with Crippen LogP contribution in [0, 0.1) is 0 Å². The lowest BCUT2D eigenvalue weighted by Crippen LogP contribution is -2.42. The fraction of sp³-hybridized carbons (Fsp3) is 0.357. The molecule has 0 aliphatic carbocycles. The van der Waals surface area contributed by atoms with Crippen LogP contribution in [-0.4, -0.2) is 26.7 Å². The average Bonchev–Trinajstić information content (AvgIpc) is 2.93. The van der Waals surface area contributed by atoms with Gasteiger partial charge in [-0.15, -0.1) is 35.0 Å². The predicted molar refractivity (Wildman–Crippen MR) is 90.2 cm³/mol. The van der Waals surface area contributed by atoms with E-state index < -0.39 is 6.04 Å². The molecule has 0 saturated heterocycles. The van der Waals surface area contributed by atoms with Crippen molar-refractivity contribution >= 4 is 30.7 Å². The molecule has 0 saturated carbocycles. The van der Waals surface area contributed by atoms with Crippen molar-refractivity contribution in [3.8, 4) is 0 Å². The van der Waals surface area contributed by atoms with Gasteiger partial charge in [-0.3, -0.25) is 4.79 Å². The highest BCUT2D eigenvalue weighted by atomic mass is 35.5. The van der Waals surface area contributed by atoms with Gasteiger partial charge in [0.15, 0.2) is 5.82 Å². The maximum absolute atomic E-state index is 11.9. The van der Waals surface area contributed by atoms with E-state index in [-0.39, 0.29) is 30.7 Å². The first kappa shape index (κ1) is 20.4. The minimum atomic E-state index is -0.560. The third-order valence-corrected chi connectivity index (χ3v) is 3.09. The molecule has 1 amide bonds. The van der Waals surface area contributed by atoms with E-state index >= 15 is 0 Å². The second kappa shape index (κ2) is 10.2. The van der Waals surface area contributed by atoms with Gasteiger partial charge in [-0.2, -0.15) is 0 Å². The largest absolute Gasteiger partial charge is 0.347 e. The third kappa shape index (κ3) is 5.63. The monoisotopic (exact) mass is 345 g/mol. The zero-order valence-electron chi connectivity index (χ0n) is 12.3. The molecule has 2 rings (SSSR count). The Morgan fingerprint density at radius 2 is 2.00 bits per heavy atom. The quantitative estimate of drug-likeness (QED) is 0.826. The number of halogens is 2. The number of carbonyl (C=O) groups excluding carboxylic acids is 1. The topological polar surface area (TPSA) is 85.8 Å². The molecule has 1 heterocycles. The van der Waals surface area contributed by atoms with Gasteiger partial charge in [-0.25, -0.2) is 0 Å². The number of aromatic nitrogens is 3. The Bertz CT molecular complexity index is 561. The summed E-state index contributed by atoms with van der Waals surface area (Å²) in [5, 5.41) is 10.6. The molecule has 0 fully saturated rings. The lowest BCUT2D eigenvalue weighted by atomic mass is 10.1. The van der Waals surface area contributed by atoms with Crippen molar-refractivity contribution in [2.75, 3.05) is 0 Å². The molecular weight excluding hydrogens is 325 g/mol. The van der Waals surface area contributed by atoms with Crippen molar-refractivity contribution in [1.29, 1.82) is 0 Å². The van der Waals surface area contributed by atoms with Gasteiger partial charge in [0.2, 0.25) is 5.91 Å². The first-order chi connectivity index (χ1) is 9.70. The number of hydrogen-bond acceptors (Lipinski definition) is 4. The Labute approximate surface area is 142 Å². The van der Waals surface area contributed by atoms with Crippen LogP contribution >= 0.6 is 24.8 Å². The molecule has 2 aromatic rings. The predicted octanol–water partition coefficient (Wildman–Crippen LogP) is 1.33. The number of amides is 1. The smallest absolute Gasteiger partial charge is 0.237 e. The SMILES string of the molecule is CCn1cnnc1CNC(=O)[C@@H](N)Cc1ccccc1.Cl.Cl. The normalized spacial score (nSPS) is 11.0. The number of nitrogens with two attached hydrogens (primary N) is 1. The van der Waals surface area contributed by atoms with Crippen molar-refractivity contribution in [2.24, 2.45) is 5.73 Å². The molecule has 1 aromatic carbocycles. The van der Waals surface area contributed by atoms with Crippen molar-refractivity contribution in [1.82, 2.24) is 20.1 Å². The highest BCUT2D eigenvalue weighted by Gasteiger charge is 2.14. The number of aryl methyl sites for hydroxylation is 1. The van der Waals surface area contributed by atoms with E-state index in [4.69, 9.17) is 5.73 Å². The number of nitrogens with zero attached hydrogens (tertiary/aromatic N) is 3. The Balaban J connectivity index is 0.00000220. The van der Waals surface area contributed by atoms with Crippen molar-refractivity contribution < 1.29 is 4.79 Å². The van der Waals surface area contributed by atoms with Gasteiger partial charge in [0, 0.05) is 6.54 Å². The molecule has 0 aliphatic rings. The summed E-state index contributed by atoms with van der Waals surface area (Å²) in [4.78, 5) is 11.9. The summed E-state index contributed by atoms with van der Waals surface area (Å²) in [7, 11) is 0. The fourth-order valence-electron chi connectivity index (χ4n) is 1.94. The van der Waals surface area contributed by atoms with Crippen LogP contribution in [0.25, 0.3) is 0 Å². The van der Waals surface area contributed by atoms with Crippen LogP contribution in [0.5, 0.6) is 0 Å². The Kier molecular flexibility index (Phi) is 9.40. The van der Waals surface area contributed by atoms with Gasteiger partial charge < -0.3 is 15.6 Å². The van der Waals surface area contributed by atoms with E-state index in [9.17, 15) is 4.79 Å². The molecule has 0 unspecified atom stereocenters. The fourth-order valence-corrected chi connectivity index (χ4v) is 1.94. The van der Waals surface area contributed by atoms with Crippen LogP contribution in [0.3, 0.4) is 0 Å². The van der Waals surface area contributed by atoms with E-state index in [0.717, 1.165) is 17.9 Å². The number of benzene rings is 1. The summed E-state index contributed by atoms with van der Waals surface area (Å²) in [6.07, 6.45) is 2.17. The summed E-state index contributed by atoms with van der Waals surface area (Å²) in [6, 6.07) is 9.16. The molecule has 22 heavy (non-hydrogen) atoms. The first-order valence-electron chi connectivity index (χ1n) is 6.64. The van der Waals surface area contributed by atoms with E-state index in [0.29, 0.717) is 13.0 Å². The first-order valence-corrected chi connectivity index (χ1v) is 6.64. The second-order valence-electron chi connectivity index (χ2n) is 4.55. The van der Waals surface area contributed by atoms with E-state index in [1.54, 1.807) is 6.33 Å². The summed E-state index contributed by atoms with van der Waals surface area (Å²) in [6.45, 7) is 3.11. The highest BCUT2D eigenvalue weighted by molar-refractivity contribution is 5.85. The summed E-state index contributed by atoms with van der Waals surface area (Å²) in [5.41, 5.74) is 6.95. The van der Waals surface area contributed by atoms with E-state index in [2.05, 4.69) is 15.5 Å². The molecule has 8 heteroatoms. The summed E-state index contributed by atoms with van der Waals surface area (Å²) in [5.74, 6) is 0.548. The van der Waals surface area contributed by atoms with Crippen LogP contribution in [0.4, 0.5) is 0 Å². The van der Waals surface area contributed by atoms with Crippen molar-refractivity contribution in [3.05, 3.63) is 48.0 Å². The van der Waals surface area contributed by atoms with Gasteiger partial charge in [0.05, 0.1) is 12.6 Å². The third-order valence-electron chi connectivity index (χ3n) is 3.09. The molecule has 1 atom stereocenters. The number of hydrogen-bond donors (Lipinski definition) is 2. The number of carbonyl (C=O) groups is 1. The summed E-state index contributed by atoms with van der Waals surface area (Å²) >= 11 is 0. The van der Waals surface area contributed by atoms with E-state index in [1.807, 2.05) is 41.8 Å². The van der Waals surface area contributed by atoms with Gasteiger partial charge in [-0.05, 0) is 18.9 Å². The van der Waals surface area contributed by atoms with Gasteiger partial charge in [-0.1, -0.05) is 30.3 Å². The number of nitrogens with one attached hydrogen (secondary N) is 1. The molecule has 1 aromatic heterocycles. The molecule has 6 nitrogen and oxygen atoms in total. The molecule has 3 N–H and O–H groups in total. The summed E-state index contributed by atoms with van der Waals surface area (Å²) < 4.78 is 1.88. The molecule has 0 spiro atoms. The lowest BCUT2D eigenvalue weighted by molar-refractivity contribution is -0.122. The standard InChI is InChI=1S/C14H19N5O.2ClH/c1-2-19-10-17-18-13(19)9-16-14(20)12(15)8-11-6-4-3-5-7-11;;/h3-7,10,12H,2,8-9,15H2,1H3,(H,16,20);2*1H/t12-;;/m0../s1. The highest BCUT2D eigenvalue weighted by Crippen LogP contribution is 2.02. The van der Waals surface area contributed by atoms with E-state index in [1.165, 1.54) is 0 Å². The van der Waals surface area contributed by atoms with Gasteiger partial charge in [0.25, 0.3) is 0 Å². The Morgan fingerprint density at radius 3 is 2.64 bits per heavy atom. The van der Waals surface area contributed by atoms with Crippen LogP contribution in [0.2, 0.25) is 0 Å². The van der Waals surface area contributed by atoms with Crippen LogP contribution in [0.15, 0.2) is 36.7 Å². The second-order valence-corrected chi connectivity index (χ2v) is 4.55. The van der Waals surface area contributed by atoms with Crippen LogP contribution in [0.1, 0.15) is 18.3 Å². The minimum Gasteiger partial charge on any atom is -0.347 e. The molecule has 122 valence electrons. The number of rotatable bonds is 6. The van der Waals surface area contributed by atoms with Crippen LogP contribution in [-0.2, 0) is 24.3 Å². The molecular formula is C14H21Cl2N5O. The molecule has 0 radical (unpaired) electrons. The van der Waals surface area contributed by atoms with Gasteiger partial charge in [0.1, 0.15) is 6.33 Å². The lowest BCUT2D eigenvalue weighted by Gasteiger charge is -2.12. The van der Waals surface area contributed by atoms with Crippen molar-refractivity contribution in [3.63, 3.8) is 0 Å².